The highest BCUT2D eigenvalue weighted by molar-refractivity contribution is 5.85. The van der Waals surface area contributed by atoms with Crippen LogP contribution in [-0.2, 0) is 9.53 Å². The standard InChI is InChI=1S/C6H7N.C3H6O2.ClH/c1-2-4-6-7-5-3-1;1-2-5-3-4;/h1-7H;3H,2H2,1H3;1H. The van der Waals surface area contributed by atoms with E-state index in [2.05, 4.69) is 10.1 Å². The van der Waals surface area contributed by atoms with Crippen LogP contribution in [0.3, 0.4) is 0 Å². The van der Waals surface area contributed by atoms with Crippen LogP contribution in [0.15, 0.2) is 36.7 Å². The topological polar surface area (TPSA) is 38.3 Å². The first-order valence-electron chi connectivity index (χ1n) is 3.71. The summed E-state index contributed by atoms with van der Waals surface area (Å²) in [5.74, 6) is 0. The van der Waals surface area contributed by atoms with E-state index in [-0.39, 0.29) is 12.4 Å². The zero-order valence-corrected chi connectivity index (χ0v) is 8.29. The Labute approximate surface area is 84.6 Å². The van der Waals surface area contributed by atoms with Gasteiger partial charge in [-0.05, 0) is 19.1 Å². The van der Waals surface area contributed by atoms with Crippen LogP contribution in [0.5, 0.6) is 0 Å². The highest BCUT2D eigenvalue weighted by atomic mass is 35.5. The van der Waals surface area contributed by atoms with Crippen LogP contribution in [-0.4, -0.2) is 13.1 Å². The molecule has 13 heavy (non-hydrogen) atoms. The second-order valence-electron chi connectivity index (χ2n) is 1.82. The molecule has 0 atom stereocenters. The minimum atomic E-state index is 0. The lowest BCUT2D eigenvalue weighted by molar-refractivity contribution is -0.128. The van der Waals surface area contributed by atoms with E-state index < -0.39 is 0 Å². The van der Waals surface area contributed by atoms with Gasteiger partial charge in [-0.2, -0.15) is 0 Å². The fourth-order valence-corrected chi connectivity index (χ4v) is 0.474. The zero-order valence-electron chi connectivity index (χ0n) is 7.47. The Hall–Kier alpha value is -1.22. The van der Waals surface area contributed by atoms with E-state index in [0.29, 0.717) is 13.1 Å². The van der Waals surface area contributed by atoms with Gasteiger partial charge in [0.15, 0.2) is 0 Å². The summed E-state index contributed by atoms with van der Waals surface area (Å²) in [6, 6.07) is 0. The van der Waals surface area contributed by atoms with Crippen molar-refractivity contribution in [2.45, 2.75) is 6.92 Å². The van der Waals surface area contributed by atoms with E-state index in [0.717, 1.165) is 0 Å². The van der Waals surface area contributed by atoms with E-state index in [1.165, 1.54) is 0 Å². The normalized spacial score (nSPS) is 11.2. The number of ether oxygens (including phenoxy) is 1. The van der Waals surface area contributed by atoms with Crippen LogP contribution in [0.4, 0.5) is 0 Å². The molecule has 4 heteroatoms. The molecule has 1 rings (SSSR count). The summed E-state index contributed by atoms with van der Waals surface area (Å²) in [6.45, 7) is 2.66. The third kappa shape index (κ3) is 13.7. The molecule has 1 heterocycles. The minimum absolute atomic E-state index is 0. The molecule has 1 aliphatic heterocycles. The molecule has 0 saturated heterocycles. The van der Waals surface area contributed by atoms with Gasteiger partial charge < -0.3 is 10.1 Å². The van der Waals surface area contributed by atoms with Crippen molar-refractivity contribution in [3.05, 3.63) is 36.7 Å². The van der Waals surface area contributed by atoms with E-state index in [9.17, 15) is 4.79 Å². The molecule has 1 aliphatic rings. The van der Waals surface area contributed by atoms with Gasteiger partial charge >= 0.3 is 0 Å². The molecule has 0 amide bonds. The zero-order chi connectivity index (χ0) is 9.07. The van der Waals surface area contributed by atoms with Crippen molar-refractivity contribution in [3.8, 4) is 0 Å². The molecule has 0 aliphatic carbocycles. The van der Waals surface area contributed by atoms with E-state index >= 15 is 0 Å². The Morgan fingerprint density at radius 1 is 1.23 bits per heavy atom. The molecule has 0 aromatic carbocycles. The summed E-state index contributed by atoms with van der Waals surface area (Å²) in [5, 5.41) is 2.92. The maximum atomic E-state index is 9.18. The lowest BCUT2D eigenvalue weighted by atomic mass is 10.5. The maximum absolute atomic E-state index is 9.18. The first-order valence-corrected chi connectivity index (χ1v) is 3.71. The van der Waals surface area contributed by atoms with Crippen molar-refractivity contribution in [2.75, 3.05) is 6.61 Å². The Morgan fingerprint density at radius 2 is 1.77 bits per heavy atom. The predicted molar refractivity (Wildman–Crippen MR) is 55.5 cm³/mol. The van der Waals surface area contributed by atoms with E-state index in [1.807, 2.05) is 36.7 Å². The largest absolute Gasteiger partial charge is 0.468 e. The Morgan fingerprint density at radius 3 is 2.08 bits per heavy atom. The fourth-order valence-electron chi connectivity index (χ4n) is 0.474. The van der Waals surface area contributed by atoms with Crippen molar-refractivity contribution < 1.29 is 9.53 Å². The fraction of sp³-hybridized carbons (Fsp3) is 0.222. The molecule has 0 radical (unpaired) electrons. The smallest absolute Gasteiger partial charge is 0.293 e. The average Bonchev–Trinajstić information content (AvgIpc) is 2.37. The molecule has 0 aromatic rings. The lowest BCUT2D eigenvalue weighted by Gasteiger charge is -1.79. The van der Waals surface area contributed by atoms with Gasteiger partial charge in [0, 0.05) is 12.4 Å². The van der Waals surface area contributed by atoms with Crippen LogP contribution in [0.1, 0.15) is 6.92 Å². The van der Waals surface area contributed by atoms with Crippen LogP contribution >= 0.6 is 12.4 Å². The molecule has 0 unspecified atom stereocenters. The molecular formula is C9H14ClNO2. The molecule has 74 valence electrons. The molecule has 0 bridgehead atoms. The van der Waals surface area contributed by atoms with Crippen LogP contribution in [0.2, 0.25) is 0 Å². The molecule has 3 nitrogen and oxygen atoms in total. The molecule has 0 fully saturated rings. The Bertz CT molecular complexity index is 174. The van der Waals surface area contributed by atoms with Crippen molar-refractivity contribution in [3.63, 3.8) is 0 Å². The van der Waals surface area contributed by atoms with Crippen molar-refractivity contribution in [2.24, 2.45) is 0 Å². The number of halogens is 1. The lowest BCUT2D eigenvalue weighted by Crippen LogP contribution is -1.87. The molecule has 0 spiro atoms. The monoisotopic (exact) mass is 203 g/mol. The summed E-state index contributed by atoms with van der Waals surface area (Å²) in [4.78, 5) is 9.18. The highest BCUT2D eigenvalue weighted by Gasteiger charge is 1.67. The summed E-state index contributed by atoms with van der Waals surface area (Å²) < 4.78 is 4.15. The van der Waals surface area contributed by atoms with Crippen molar-refractivity contribution in [1.82, 2.24) is 5.32 Å². The SMILES string of the molecule is C1=CC=CNC=C1.CCOC=O.Cl. The highest BCUT2D eigenvalue weighted by Crippen LogP contribution is 1.81. The molecule has 0 saturated carbocycles. The summed E-state index contributed by atoms with van der Waals surface area (Å²) in [7, 11) is 0. The van der Waals surface area contributed by atoms with Crippen LogP contribution in [0.25, 0.3) is 0 Å². The number of allylic oxidation sites excluding steroid dienone is 4. The number of carbonyl (C=O) groups is 1. The van der Waals surface area contributed by atoms with Gasteiger partial charge in [-0.15, -0.1) is 12.4 Å². The Kier molecular flexibility index (Phi) is 14.7. The van der Waals surface area contributed by atoms with Gasteiger partial charge in [-0.25, -0.2) is 0 Å². The van der Waals surface area contributed by atoms with Gasteiger partial charge in [0.05, 0.1) is 6.61 Å². The minimum Gasteiger partial charge on any atom is -0.468 e. The number of rotatable bonds is 2. The predicted octanol–water partition coefficient (Wildman–Crippen LogP) is 1.77. The van der Waals surface area contributed by atoms with Gasteiger partial charge in [0.2, 0.25) is 0 Å². The Balaban J connectivity index is 0. The summed E-state index contributed by atoms with van der Waals surface area (Å²) >= 11 is 0. The second kappa shape index (κ2) is 13.4. The van der Waals surface area contributed by atoms with Crippen LogP contribution < -0.4 is 5.32 Å². The molecule has 0 aromatic heterocycles. The third-order valence-electron chi connectivity index (χ3n) is 0.953. The van der Waals surface area contributed by atoms with E-state index in [1.54, 1.807) is 6.92 Å². The summed E-state index contributed by atoms with van der Waals surface area (Å²) in [5.41, 5.74) is 0. The number of hydrogen-bond donors (Lipinski definition) is 1. The summed E-state index contributed by atoms with van der Waals surface area (Å²) in [6.07, 6.45) is 11.6. The first kappa shape index (κ1) is 14.3. The van der Waals surface area contributed by atoms with Crippen LogP contribution in [0, 0.1) is 0 Å². The van der Waals surface area contributed by atoms with Gasteiger partial charge in [-0.3, -0.25) is 4.79 Å². The van der Waals surface area contributed by atoms with E-state index in [4.69, 9.17) is 0 Å². The number of hydrogen-bond acceptors (Lipinski definition) is 3. The third-order valence-corrected chi connectivity index (χ3v) is 0.953. The van der Waals surface area contributed by atoms with Gasteiger partial charge in [0.1, 0.15) is 0 Å². The van der Waals surface area contributed by atoms with Gasteiger partial charge in [-0.1, -0.05) is 12.2 Å². The first-order chi connectivity index (χ1) is 5.91. The average molecular weight is 204 g/mol. The van der Waals surface area contributed by atoms with Crippen molar-refractivity contribution >= 4 is 18.9 Å². The van der Waals surface area contributed by atoms with Gasteiger partial charge in [0.25, 0.3) is 6.47 Å². The number of nitrogens with one attached hydrogen (secondary N) is 1. The quantitative estimate of drug-likeness (QED) is 0.696. The molecular weight excluding hydrogens is 190 g/mol. The maximum Gasteiger partial charge on any atom is 0.293 e. The second-order valence-corrected chi connectivity index (χ2v) is 1.82. The number of carbonyl (C=O) groups excluding carboxylic acids is 1. The van der Waals surface area contributed by atoms with Crippen molar-refractivity contribution in [1.29, 1.82) is 0 Å². The molecule has 1 N–H and O–H groups in total.